The van der Waals surface area contributed by atoms with Gasteiger partial charge in [-0.2, -0.15) is 5.26 Å². The van der Waals surface area contributed by atoms with E-state index in [1.807, 2.05) is 0 Å². The molecule has 0 amide bonds. The molecule has 0 aromatic heterocycles. The fourth-order valence-electron chi connectivity index (χ4n) is 2.56. The minimum atomic E-state index is 0.184. The van der Waals surface area contributed by atoms with E-state index in [-0.39, 0.29) is 5.41 Å². The number of nitriles is 1. The summed E-state index contributed by atoms with van der Waals surface area (Å²) in [5, 5.41) is 9.00. The number of nitrogens with zero attached hydrogens (tertiary/aromatic N) is 1. The van der Waals surface area contributed by atoms with Crippen LogP contribution in [0.25, 0.3) is 0 Å². The molecule has 0 saturated heterocycles. The van der Waals surface area contributed by atoms with Crippen molar-refractivity contribution in [3.05, 3.63) is 12.2 Å². The van der Waals surface area contributed by atoms with Gasteiger partial charge in [-0.3, -0.25) is 0 Å². The minimum absolute atomic E-state index is 0.184. The topological polar surface area (TPSA) is 23.8 Å². The van der Waals surface area contributed by atoms with Crippen molar-refractivity contribution < 1.29 is 0 Å². The molecule has 1 aliphatic carbocycles. The Kier molecular flexibility index (Phi) is 4.20. The van der Waals surface area contributed by atoms with Gasteiger partial charge in [-0.15, -0.1) is 0 Å². The van der Waals surface area contributed by atoms with Crippen LogP contribution in [0.3, 0.4) is 0 Å². The van der Waals surface area contributed by atoms with E-state index in [1.54, 1.807) is 0 Å². The van der Waals surface area contributed by atoms with Gasteiger partial charge in [0, 0.05) is 11.0 Å². The summed E-state index contributed by atoms with van der Waals surface area (Å²) in [6.45, 7) is 6.17. The van der Waals surface area contributed by atoms with Crippen molar-refractivity contribution in [2.45, 2.75) is 58.3 Å². The first-order valence-corrected chi connectivity index (χ1v) is 5.84. The predicted molar refractivity (Wildman–Crippen MR) is 59.8 cm³/mol. The van der Waals surface area contributed by atoms with Crippen molar-refractivity contribution in [1.29, 1.82) is 5.26 Å². The molecule has 0 bridgehead atoms. The first-order valence-electron chi connectivity index (χ1n) is 5.84. The van der Waals surface area contributed by atoms with E-state index in [4.69, 9.17) is 5.26 Å². The van der Waals surface area contributed by atoms with Crippen LogP contribution in [0, 0.1) is 16.7 Å². The molecule has 78 valence electrons. The number of allylic oxidation sites excluding steroid dienone is 1. The van der Waals surface area contributed by atoms with Gasteiger partial charge in [-0.05, 0) is 19.3 Å². The molecule has 0 heterocycles. The second-order valence-electron chi connectivity index (χ2n) is 4.53. The monoisotopic (exact) mass is 191 g/mol. The van der Waals surface area contributed by atoms with Crippen LogP contribution in [0.5, 0.6) is 0 Å². The van der Waals surface area contributed by atoms with Crippen molar-refractivity contribution in [2.24, 2.45) is 5.41 Å². The van der Waals surface area contributed by atoms with Crippen LogP contribution in [0.4, 0.5) is 0 Å². The van der Waals surface area contributed by atoms with Crippen molar-refractivity contribution >= 4 is 0 Å². The molecular formula is C13H21N. The summed E-state index contributed by atoms with van der Waals surface area (Å²) in [7, 11) is 0. The van der Waals surface area contributed by atoms with Crippen LogP contribution < -0.4 is 0 Å². The van der Waals surface area contributed by atoms with Gasteiger partial charge < -0.3 is 0 Å². The maximum atomic E-state index is 9.00. The van der Waals surface area contributed by atoms with Gasteiger partial charge in [-0.25, -0.2) is 0 Å². The highest BCUT2D eigenvalue weighted by atomic mass is 14.4. The van der Waals surface area contributed by atoms with Crippen molar-refractivity contribution in [3.8, 4) is 6.07 Å². The smallest absolute Gasteiger partial charge is 0.0946 e. The average molecular weight is 191 g/mol. The molecule has 1 fully saturated rings. The Morgan fingerprint density at radius 2 is 2.00 bits per heavy atom. The third-order valence-corrected chi connectivity index (χ3v) is 3.59. The summed E-state index contributed by atoms with van der Waals surface area (Å²) in [4.78, 5) is 0. The zero-order valence-electron chi connectivity index (χ0n) is 9.31. The van der Waals surface area contributed by atoms with Gasteiger partial charge in [0.2, 0.25) is 0 Å². The van der Waals surface area contributed by atoms with Gasteiger partial charge >= 0.3 is 0 Å². The largest absolute Gasteiger partial charge is 0.193 e. The molecule has 1 aliphatic rings. The zero-order chi connectivity index (χ0) is 10.4. The molecule has 0 aromatic carbocycles. The second-order valence-corrected chi connectivity index (χ2v) is 4.53. The molecule has 0 spiro atoms. The van der Waals surface area contributed by atoms with Crippen LogP contribution in [0.15, 0.2) is 12.2 Å². The molecule has 0 atom stereocenters. The Balaban J connectivity index is 2.67. The van der Waals surface area contributed by atoms with Crippen LogP contribution >= 0.6 is 0 Å². The minimum Gasteiger partial charge on any atom is -0.193 e. The molecular weight excluding hydrogens is 170 g/mol. The Bertz CT molecular complexity index is 228. The molecule has 0 N–H and O–H groups in total. The normalized spacial score (nSPS) is 20.0. The Hall–Kier alpha value is -0.770. The molecule has 0 aromatic rings. The van der Waals surface area contributed by atoms with Crippen LogP contribution in [0.2, 0.25) is 0 Å². The lowest BCUT2D eigenvalue weighted by molar-refractivity contribution is 0.223. The molecule has 1 rings (SSSR count). The van der Waals surface area contributed by atoms with Gasteiger partial charge in [0.1, 0.15) is 0 Å². The Labute approximate surface area is 87.8 Å². The highest BCUT2D eigenvalue weighted by molar-refractivity contribution is 5.26. The third-order valence-electron chi connectivity index (χ3n) is 3.59. The van der Waals surface area contributed by atoms with Crippen LogP contribution in [-0.2, 0) is 0 Å². The first kappa shape index (κ1) is 11.3. The number of hydrogen-bond acceptors (Lipinski definition) is 1. The van der Waals surface area contributed by atoms with Crippen LogP contribution in [0.1, 0.15) is 58.3 Å². The quantitative estimate of drug-likeness (QED) is 0.611. The van der Waals surface area contributed by atoms with Crippen molar-refractivity contribution in [1.82, 2.24) is 0 Å². The van der Waals surface area contributed by atoms with E-state index in [0.29, 0.717) is 0 Å². The second kappa shape index (κ2) is 5.20. The van der Waals surface area contributed by atoms with Crippen molar-refractivity contribution in [2.75, 3.05) is 0 Å². The first-order chi connectivity index (χ1) is 6.75. The molecule has 0 unspecified atom stereocenters. The molecule has 0 radical (unpaired) electrons. The summed E-state index contributed by atoms with van der Waals surface area (Å²) in [5.74, 6) is 0. The summed E-state index contributed by atoms with van der Waals surface area (Å²) in [5.41, 5.74) is 1.02. The van der Waals surface area contributed by atoms with Gasteiger partial charge in [-0.1, -0.05) is 45.6 Å². The van der Waals surface area contributed by atoms with E-state index in [0.717, 1.165) is 5.57 Å². The molecule has 1 heteroatoms. The summed E-state index contributed by atoms with van der Waals surface area (Å²) in [6, 6.07) is 2.29. The van der Waals surface area contributed by atoms with E-state index >= 15 is 0 Å². The summed E-state index contributed by atoms with van der Waals surface area (Å²) >= 11 is 0. The summed E-state index contributed by atoms with van der Waals surface area (Å²) < 4.78 is 0. The van der Waals surface area contributed by atoms with Gasteiger partial charge in [0.15, 0.2) is 0 Å². The molecule has 1 nitrogen and oxygen atoms in total. The number of rotatable bonds is 4. The fourth-order valence-corrected chi connectivity index (χ4v) is 2.56. The number of unbranched alkanes of at least 4 members (excludes halogenated alkanes) is 1. The third kappa shape index (κ3) is 2.38. The summed E-state index contributed by atoms with van der Waals surface area (Å²) in [6.07, 6.45) is 9.93. The lowest BCUT2D eigenvalue weighted by Crippen LogP contribution is -2.25. The lowest BCUT2D eigenvalue weighted by atomic mass is 9.67. The zero-order valence-corrected chi connectivity index (χ0v) is 9.31. The van der Waals surface area contributed by atoms with E-state index in [1.165, 1.54) is 51.4 Å². The number of hydrogen-bond donors (Lipinski definition) is 0. The Morgan fingerprint density at radius 1 is 1.36 bits per heavy atom. The van der Waals surface area contributed by atoms with E-state index in [9.17, 15) is 0 Å². The fraction of sp³-hybridized carbons (Fsp3) is 0.769. The van der Waals surface area contributed by atoms with Gasteiger partial charge in [0.05, 0.1) is 6.07 Å². The maximum absolute atomic E-state index is 9.00. The van der Waals surface area contributed by atoms with Crippen molar-refractivity contribution in [3.63, 3.8) is 0 Å². The van der Waals surface area contributed by atoms with E-state index in [2.05, 4.69) is 19.6 Å². The highest BCUT2D eigenvalue weighted by Crippen LogP contribution is 2.45. The standard InChI is InChI=1S/C13H21N/c1-3-4-8-13(12(2)11-14)9-6-5-7-10-13/h2-10H2,1H3. The predicted octanol–water partition coefficient (Wildman–Crippen LogP) is 4.21. The molecule has 1 saturated carbocycles. The lowest BCUT2D eigenvalue weighted by Gasteiger charge is -2.36. The molecule has 14 heavy (non-hydrogen) atoms. The van der Waals surface area contributed by atoms with Crippen LogP contribution in [-0.4, -0.2) is 0 Å². The highest BCUT2D eigenvalue weighted by Gasteiger charge is 2.34. The molecule has 0 aliphatic heterocycles. The maximum Gasteiger partial charge on any atom is 0.0946 e. The van der Waals surface area contributed by atoms with Gasteiger partial charge in [0.25, 0.3) is 0 Å². The van der Waals surface area contributed by atoms with E-state index < -0.39 is 0 Å². The Morgan fingerprint density at radius 3 is 2.50 bits per heavy atom. The average Bonchev–Trinajstić information content (AvgIpc) is 2.26. The SMILES string of the molecule is C=C(C#N)C1(CCCC)CCCCC1.